The molecule has 104 valence electrons. The molecular weight excluding hydrogens is 283 g/mol. The molecule has 0 aromatic heterocycles. The number of carbonyl (C=O) groups is 1. The molecule has 19 heavy (non-hydrogen) atoms. The van der Waals surface area contributed by atoms with Crippen LogP contribution in [0.25, 0.3) is 0 Å². The Hall–Kier alpha value is -0.930. The van der Waals surface area contributed by atoms with E-state index in [2.05, 4.69) is 13.8 Å². The summed E-state index contributed by atoms with van der Waals surface area (Å²) in [7, 11) is 0. The molecule has 2 N–H and O–H groups in total. The van der Waals surface area contributed by atoms with Crippen molar-refractivity contribution < 1.29 is 4.79 Å². The molecule has 0 atom stereocenters. The summed E-state index contributed by atoms with van der Waals surface area (Å²) in [5, 5.41) is 0.605. The molecule has 1 fully saturated rings. The van der Waals surface area contributed by atoms with E-state index >= 15 is 0 Å². The summed E-state index contributed by atoms with van der Waals surface area (Å²) in [4.78, 5) is 14.3. The van der Waals surface area contributed by atoms with Crippen molar-refractivity contribution in [3.63, 3.8) is 0 Å². The lowest BCUT2D eigenvalue weighted by Crippen LogP contribution is -2.41. The van der Waals surface area contributed by atoms with Gasteiger partial charge in [0.1, 0.15) is 0 Å². The first-order chi connectivity index (χ1) is 8.80. The first kappa shape index (κ1) is 14.5. The first-order valence-corrected chi connectivity index (χ1v) is 7.09. The van der Waals surface area contributed by atoms with E-state index < -0.39 is 0 Å². The number of hydrogen-bond acceptors (Lipinski definition) is 2. The van der Waals surface area contributed by atoms with Crippen LogP contribution >= 0.6 is 23.2 Å². The summed E-state index contributed by atoms with van der Waals surface area (Å²) in [6, 6.07) is 3.15. The van der Waals surface area contributed by atoms with Crippen LogP contribution in [0.1, 0.15) is 37.0 Å². The molecule has 2 rings (SSSR count). The van der Waals surface area contributed by atoms with Gasteiger partial charge in [-0.3, -0.25) is 4.79 Å². The quantitative estimate of drug-likeness (QED) is 0.801. The Morgan fingerprint density at radius 1 is 1.26 bits per heavy atom. The fraction of sp³-hybridized carbons (Fsp3) is 0.500. The Morgan fingerprint density at radius 2 is 1.84 bits per heavy atom. The summed E-state index contributed by atoms with van der Waals surface area (Å²) in [6.07, 6.45) is 1.98. The number of piperidine rings is 1. The van der Waals surface area contributed by atoms with Gasteiger partial charge in [0.2, 0.25) is 0 Å². The number of likely N-dealkylation sites (tertiary alicyclic amines) is 1. The van der Waals surface area contributed by atoms with Crippen LogP contribution in [0, 0.1) is 5.41 Å². The average molecular weight is 301 g/mol. The molecular formula is C14H18Cl2N2O. The van der Waals surface area contributed by atoms with Crippen molar-refractivity contribution in [2.45, 2.75) is 26.7 Å². The minimum atomic E-state index is -0.0882. The van der Waals surface area contributed by atoms with Gasteiger partial charge in [-0.05, 0) is 30.4 Å². The number of nitrogen functional groups attached to an aromatic ring is 1. The second-order valence-electron chi connectivity index (χ2n) is 5.82. The van der Waals surface area contributed by atoms with E-state index in [0.717, 1.165) is 25.9 Å². The molecule has 5 heteroatoms. The smallest absolute Gasteiger partial charge is 0.255 e. The lowest BCUT2D eigenvalue weighted by atomic mass is 9.82. The molecule has 1 aliphatic heterocycles. The maximum Gasteiger partial charge on any atom is 0.255 e. The zero-order valence-corrected chi connectivity index (χ0v) is 12.7. The van der Waals surface area contributed by atoms with Gasteiger partial charge in [0, 0.05) is 18.8 Å². The monoisotopic (exact) mass is 300 g/mol. The maximum absolute atomic E-state index is 12.5. The highest BCUT2D eigenvalue weighted by molar-refractivity contribution is 6.44. The van der Waals surface area contributed by atoms with Gasteiger partial charge in [0.05, 0.1) is 15.6 Å². The van der Waals surface area contributed by atoms with E-state index in [1.165, 1.54) is 0 Å². The third kappa shape index (κ3) is 3.15. The number of anilines is 1. The number of rotatable bonds is 1. The largest absolute Gasteiger partial charge is 0.399 e. The van der Waals surface area contributed by atoms with Crippen molar-refractivity contribution in [2.24, 2.45) is 5.41 Å². The zero-order chi connectivity index (χ0) is 14.2. The highest BCUT2D eigenvalue weighted by Crippen LogP contribution is 2.33. The van der Waals surface area contributed by atoms with Crippen LogP contribution < -0.4 is 5.73 Å². The van der Waals surface area contributed by atoms with Crippen molar-refractivity contribution >= 4 is 34.8 Å². The molecule has 0 aliphatic carbocycles. The van der Waals surface area contributed by atoms with Crippen LogP contribution in [0.3, 0.4) is 0 Å². The summed E-state index contributed by atoms with van der Waals surface area (Å²) >= 11 is 12.1. The van der Waals surface area contributed by atoms with E-state index in [4.69, 9.17) is 28.9 Å². The van der Waals surface area contributed by atoms with Crippen molar-refractivity contribution in [1.29, 1.82) is 0 Å². The standard InChI is InChI=1S/C14H18Cl2N2O/c1-14(2)3-5-18(6-4-14)13(19)10-7-9(17)8-11(15)12(10)16/h7-8H,3-6,17H2,1-2H3. The van der Waals surface area contributed by atoms with Crippen molar-refractivity contribution in [2.75, 3.05) is 18.8 Å². The maximum atomic E-state index is 12.5. The predicted octanol–water partition coefficient (Wildman–Crippen LogP) is 3.84. The number of carbonyl (C=O) groups excluding carboxylic acids is 1. The summed E-state index contributed by atoms with van der Waals surface area (Å²) in [5.74, 6) is -0.0882. The fourth-order valence-electron chi connectivity index (χ4n) is 2.25. The minimum absolute atomic E-state index is 0.0882. The van der Waals surface area contributed by atoms with E-state index in [-0.39, 0.29) is 10.9 Å². The highest BCUT2D eigenvalue weighted by Gasteiger charge is 2.29. The van der Waals surface area contributed by atoms with Gasteiger partial charge in [-0.1, -0.05) is 37.0 Å². The van der Waals surface area contributed by atoms with Crippen LogP contribution in [-0.4, -0.2) is 23.9 Å². The molecule has 3 nitrogen and oxygen atoms in total. The van der Waals surface area contributed by atoms with Crippen molar-refractivity contribution in [3.8, 4) is 0 Å². The van der Waals surface area contributed by atoms with Gasteiger partial charge >= 0.3 is 0 Å². The Balaban J connectivity index is 2.21. The second kappa shape index (κ2) is 5.22. The van der Waals surface area contributed by atoms with Crippen LogP contribution in [0.15, 0.2) is 12.1 Å². The van der Waals surface area contributed by atoms with Crippen molar-refractivity contribution in [1.82, 2.24) is 4.90 Å². The Kier molecular flexibility index (Phi) is 3.98. The lowest BCUT2D eigenvalue weighted by Gasteiger charge is -2.37. The van der Waals surface area contributed by atoms with Gasteiger partial charge in [-0.15, -0.1) is 0 Å². The molecule has 0 spiro atoms. The highest BCUT2D eigenvalue weighted by atomic mass is 35.5. The Labute approximate surface area is 123 Å². The third-order valence-corrected chi connectivity index (χ3v) is 4.49. The molecule has 1 saturated heterocycles. The number of amides is 1. The van der Waals surface area contributed by atoms with Gasteiger partial charge in [-0.2, -0.15) is 0 Å². The van der Waals surface area contributed by atoms with Gasteiger partial charge in [0.15, 0.2) is 0 Å². The molecule has 0 bridgehead atoms. The van der Waals surface area contributed by atoms with Crippen molar-refractivity contribution in [3.05, 3.63) is 27.7 Å². The molecule has 0 radical (unpaired) electrons. The topological polar surface area (TPSA) is 46.3 Å². The van der Waals surface area contributed by atoms with Gasteiger partial charge in [-0.25, -0.2) is 0 Å². The van der Waals surface area contributed by atoms with E-state index in [1.807, 2.05) is 4.90 Å². The number of halogens is 2. The molecule has 1 amide bonds. The first-order valence-electron chi connectivity index (χ1n) is 6.34. The number of nitrogens with zero attached hydrogens (tertiary/aromatic N) is 1. The normalized spacial score (nSPS) is 18.4. The average Bonchev–Trinajstić information content (AvgIpc) is 2.33. The number of nitrogens with two attached hydrogens (primary N) is 1. The molecule has 0 unspecified atom stereocenters. The predicted molar refractivity (Wildman–Crippen MR) is 79.8 cm³/mol. The minimum Gasteiger partial charge on any atom is -0.399 e. The van der Waals surface area contributed by atoms with Crippen LogP contribution in [0.5, 0.6) is 0 Å². The van der Waals surface area contributed by atoms with E-state index in [0.29, 0.717) is 21.7 Å². The summed E-state index contributed by atoms with van der Waals surface area (Å²) < 4.78 is 0. The van der Waals surface area contributed by atoms with Crippen LogP contribution in [0.2, 0.25) is 10.0 Å². The van der Waals surface area contributed by atoms with Gasteiger partial charge in [0.25, 0.3) is 5.91 Å². The molecule has 1 aromatic carbocycles. The Morgan fingerprint density at radius 3 is 2.42 bits per heavy atom. The fourth-order valence-corrected chi connectivity index (χ4v) is 2.67. The molecule has 0 saturated carbocycles. The number of hydrogen-bond donors (Lipinski definition) is 1. The second-order valence-corrected chi connectivity index (χ2v) is 6.61. The SMILES string of the molecule is CC1(C)CCN(C(=O)c2cc(N)cc(Cl)c2Cl)CC1. The summed E-state index contributed by atoms with van der Waals surface area (Å²) in [5.41, 5.74) is 6.87. The van der Waals surface area contributed by atoms with Crippen LogP contribution in [-0.2, 0) is 0 Å². The zero-order valence-electron chi connectivity index (χ0n) is 11.2. The third-order valence-electron chi connectivity index (χ3n) is 3.69. The van der Waals surface area contributed by atoms with E-state index in [9.17, 15) is 4.79 Å². The van der Waals surface area contributed by atoms with Gasteiger partial charge < -0.3 is 10.6 Å². The molecule has 1 aliphatic rings. The van der Waals surface area contributed by atoms with E-state index in [1.54, 1.807) is 12.1 Å². The molecule has 1 heterocycles. The Bertz CT molecular complexity index is 504. The number of benzene rings is 1. The lowest BCUT2D eigenvalue weighted by molar-refractivity contribution is 0.0630. The molecule has 1 aromatic rings. The van der Waals surface area contributed by atoms with Crippen LogP contribution in [0.4, 0.5) is 5.69 Å². The summed E-state index contributed by atoms with van der Waals surface area (Å²) in [6.45, 7) is 5.93.